The summed E-state index contributed by atoms with van der Waals surface area (Å²) in [5.41, 5.74) is 3.22. The third-order valence-electron chi connectivity index (χ3n) is 3.56. The molecule has 0 atom stereocenters. The lowest BCUT2D eigenvalue weighted by Crippen LogP contribution is -2.18. The lowest BCUT2D eigenvalue weighted by atomic mass is 10.2. The van der Waals surface area contributed by atoms with E-state index >= 15 is 0 Å². The van der Waals surface area contributed by atoms with E-state index in [0.717, 1.165) is 10.0 Å². The zero-order valence-corrected chi connectivity index (χ0v) is 18.4. The van der Waals surface area contributed by atoms with Gasteiger partial charge in [0.05, 0.1) is 36.5 Å². The summed E-state index contributed by atoms with van der Waals surface area (Å²) in [4.78, 5) is 11.9. The highest BCUT2D eigenvalue weighted by atomic mass is 79.9. The van der Waals surface area contributed by atoms with Crippen LogP contribution in [0.15, 0.2) is 39.9 Å². The van der Waals surface area contributed by atoms with Gasteiger partial charge >= 0.3 is 0 Å². The van der Waals surface area contributed by atoms with Crippen molar-refractivity contribution in [2.24, 2.45) is 5.10 Å². The Morgan fingerprint density at radius 3 is 2.64 bits per heavy atom. The molecule has 0 aromatic heterocycles. The maximum Gasteiger partial charge on any atom is 0.240 e. The molecular formula is C19H19BrCl2N2O4. The zero-order valence-electron chi connectivity index (χ0n) is 15.3. The minimum absolute atomic E-state index is 0.221. The summed E-state index contributed by atoms with van der Waals surface area (Å²) in [7, 11) is 3.10. The molecule has 0 aliphatic rings. The summed E-state index contributed by atoms with van der Waals surface area (Å²) in [6.07, 6.45) is 2.30. The van der Waals surface area contributed by atoms with Crippen molar-refractivity contribution in [3.63, 3.8) is 0 Å². The molecule has 0 fully saturated rings. The van der Waals surface area contributed by atoms with Gasteiger partial charge < -0.3 is 14.2 Å². The number of benzene rings is 2. The largest absolute Gasteiger partial charge is 0.493 e. The average Bonchev–Trinajstić information content (AvgIpc) is 2.66. The summed E-state index contributed by atoms with van der Waals surface area (Å²) >= 11 is 15.3. The molecule has 150 valence electrons. The number of halogens is 3. The third kappa shape index (κ3) is 6.58. The standard InChI is InChI=1S/C19H19BrCl2N2O4/c1-26-17-9-12(8-14(20)19(17)27-2)11-23-24-18(25)4-3-7-28-16-6-5-13(21)10-15(16)22/h5-6,8-11H,3-4,7H2,1-2H3,(H,24,25). The normalized spacial score (nSPS) is 10.8. The first kappa shape index (κ1) is 22.3. The van der Waals surface area contributed by atoms with Gasteiger partial charge in [-0.3, -0.25) is 4.79 Å². The second kappa shape index (κ2) is 11.1. The molecule has 1 N–H and O–H groups in total. The Morgan fingerprint density at radius 2 is 1.96 bits per heavy atom. The molecule has 0 aliphatic carbocycles. The van der Waals surface area contributed by atoms with Gasteiger partial charge in [0.25, 0.3) is 0 Å². The average molecular weight is 490 g/mol. The van der Waals surface area contributed by atoms with Crippen LogP contribution in [0.5, 0.6) is 17.2 Å². The van der Waals surface area contributed by atoms with Crippen LogP contribution in [-0.2, 0) is 4.79 Å². The van der Waals surface area contributed by atoms with E-state index in [0.29, 0.717) is 40.3 Å². The topological polar surface area (TPSA) is 69.2 Å². The molecule has 0 bridgehead atoms. The van der Waals surface area contributed by atoms with Gasteiger partial charge in [-0.05, 0) is 58.2 Å². The summed E-state index contributed by atoms with van der Waals surface area (Å²) in [5.74, 6) is 1.46. The molecule has 0 heterocycles. The number of carbonyl (C=O) groups excluding carboxylic acids is 1. The summed E-state index contributed by atoms with van der Waals surface area (Å²) in [6.45, 7) is 0.348. The predicted molar refractivity (Wildman–Crippen MR) is 114 cm³/mol. The summed E-state index contributed by atoms with van der Waals surface area (Å²) in [5, 5.41) is 4.93. The van der Waals surface area contributed by atoms with Crippen molar-refractivity contribution < 1.29 is 19.0 Å². The van der Waals surface area contributed by atoms with Gasteiger partial charge in [-0.25, -0.2) is 5.43 Å². The molecule has 0 aliphatic heterocycles. The van der Waals surface area contributed by atoms with Crippen molar-refractivity contribution in [3.8, 4) is 17.2 Å². The van der Waals surface area contributed by atoms with Crippen LogP contribution in [0.3, 0.4) is 0 Å². The van der Waals surface area contributed by atoms with E-state index in [9.17, 15) is 4.79 Å². The molecule has 1 amide bonds. The van der Waals surface area contributed by atoms with E-state index < -0.39 is 0 Å². The van der Waals surface area contributed by atoms with Gasteiger partial charge in [0.15, 0.2) is 11.5 Å². The highest BCUT2D eigenvalue weighted by Crippen LogP contribution is 2.35. The zero-order chi connectivity index (χ0) is 20.5. The second-order valence-corrected chi connectivity index (χ2v) is 7.26. The van der Waals surface area contributed by atoms with Crippen LogP contribution in [0, 0.1) is 0 Å². The molecule has 2 rings (SSSR count). The molecule has 2 aromatic rings. The van der Waals surface area contributed by atoms with E-state index in [4.69, 9.17) is 37.4 Å². The van der Waals surface area contributed by atoms with Gasteiger partial charge in [-0.2, -0.15) is 5.10 Å². The van der Waals surface area contributed by atoms with Crippen LogP contribution in [0.1, 0.15) is 18.4 Å². The molecule has 9 heteroatoms. The van der Waals surface area contributed by atoms with E-state index in [1.165, 1.54) is 6.21 Å². The van der Waals surface area contributed by atoms with Crippen molar-refractivity contribution in [1.82, 2.24) is 5.43 Å². The fourth-order valence-electron chi connectivity index (χ4n) is 2.25. The minimum Gasteiger partial charge on any atom is -0.493 e. The maximum absolute atomic E-state index is 11.9. The van der Waals surface area contributed by atoms with Crippen LogP contribution in [0.2, 0.25) is 10.0 Å². The quantitative estimate of drug-likeness (QED) is 0.303. The molecule has 0 spiro atoms. The van der Waals surface area contributed by atoms with Gasteiger partial charge in [0.1, 0.15) is 5.75 Å². The number of hydrazone groups is 1. The molecule has 0 radical (unpaired) electrons. The third-order valence-corrected chi connectivity index (χ3v) is 4.68. The molecule has 28 heavy (non-hydrogen) atoms. The van der Waals surface area contributed by atoms with Crippen LogP contribution in [0.25, 0.3) is 0 Å². The van der Waals surface area contributed by atoms with Gasteiger partial charge in [0.2, 0.25) is 5.91 Å². The number of ether oxygens (including phenoxy) is 3. The van der Waals surface area contributed by atoms with Crippen LogP contribution < -0.4 is 19.6 Å². The monoisotopic (exact) mass is 488 g/mol. The number of amides is 1. The van der Waals surface area contributed by atoms with Crippen LogP contribution in [-0.4, -0.2) is 32.9 Å². The number of nitrogens with zero attached hydrogens (tertiary/aromatic N) is 1. The Balaban J connectivity index is 1.78. The molecule has 6 nitrogen and oxygen atoms in total. The molecule has 0 saturated carbocycles. The Bertz CT molecular complexity index is 862. The Labute approximate surface area is 181 Å². The van der Waals surface area contributed by atoms with Gasteiger partial charge in [-0.1, -0.05) is 23.2 Å². The predicted octanol–water partition coefficient (Wildman–Crippen LogP) is 5.08. The number of rotatable bonds is 9. The number of hydrogen-bond donors (Lipinski definition) is 1. The maximum atomic E-state index is 11.9. The number of methoxy groups -OCH3 is 2. The van der Waals surface area contributed by atoms with Crippen LogP contribution in [0.4, 0.5) is 0 Å². The van der Waals surface area contributed by atoms with Gasteiger partial charge in [-0.15, -0.1) is 0 Å². The van der Waals surface area contributed by atoms with E-state index in [1.54, 1.807) is 44.6 Å². The molecule has 0 saturated heterocycles. The minimum atomic E-state index is -0.221. The SMILES string of the molecule is COc1cc(C=NNC(=O)CCCOc2ccc(Cl)cc2Cl)cc(Br)c1OC. The first-order chi connectivity index (χ1) is 13.4. The van der Waals surface area contributed by atoms with Crippen molar-refractivity contribution in [1.29, 1.82) is 0 Å². The van der Waals surface area contributed by atoms with Crippen molar-refractivity contribution in [2.75, 3.05) is 20.8 Å². The van der Waals surface area contributed by atoms with Crippen molar-refractivity contribution in [2.45, 2.75) is 12.8 Å². The summed E-state index contributed by atoms with van der Waals surface area (Å²) in [6, 6.07) is 8.54. The number of hydrogen-bond acceptors (Lipinski definition) is 5. The van der Waals surface area contributed by atoms with E-state index in [-0.39, 0.29) is 12.3 Å². The lowest BCUT2D eigenvalue weighted by molar-refractivity contribution is -0.121. The second-order valence-electron chi connectivity index (χ2n) is 5.56. The number of carbonyl (C=O) groups is 1. The Kier molecular flexibility index (Phi) is 8.89. The van der Waals surface area contributed by atoms with Crippen LogP contribution >= 0.6 is 39.1 Å². The number of nitrogens with one attached hydrogen (secondary N) is 1. The first-order valence-corrected chi connectivity index (χ1v) is 9.80. The summed E-state index contributed by atoms with van der Waals surface area (Å²) < 4.78 is 16.8. The lowest BCUT2D eigenvalue weighted by Gasteiger charge is -2.10. The first-order valence-electron chi connectivity index (χ1n) is 8.26. The smallest absolute Gasteiger partial charge is 0.240 e. The Morgan fingerprint density at radius 1 is 1.18 bits per heavy atom. The fourth-order valence-corrected chi connectivity index (χ4v) is 3.34. The highest BCUT2D eigenvalue weighted by Gasteiger charge is 2.09. The van der Waals surface area contributed by atoms with Crippen molar-refractivity contribution in [3.05, 3.63) is 50.4 Å². The Hall–Kier alpha value is -1.96. The molecule has 2 aromatic carbocycles. The van der Waals surface area contributed by atoms with E-state index in [1.807, 2.05) is 0 Å². The highest BCUT2D eigenvalue weighted by molar-refractivity contribution is 9.10. The fraction of sp³-hybridized carbons (Fsp3) is 0.263. The van der Waals surface area contributed by atoms with E-state index in [2.05, 4.69) is 26.5 Å². The molecule has 0 unspecified atom stereocenters. The van der Waals surface area contributed by atoms with Crippen molar-refractivity contribution >= 4 is 51.3 Å². The molecular weight excluding hydrogens is 471 g/mol. The van der Waals surface area contributed by atoms with Gasteiger partial charge in [0, 0.05) is 11.4 Å².